The van der Waals surface area contributed by atoms with Crippen molar-refractivity contribution in [3.8, 4) is 0 Å². The largest absolute Gasteiger partial charge is 0.481 e. The van der Waals surface area contributed by atoms with Crippen LogP contribution in [0.15, 0.2) is 0 Å². The molecule has 360 valence electrons. The number of aliphatic carboxylic acids is 1. The van der Waals surface area contributed by atoms with Gasteiger partial charge >= 0.3 is 5.97 Å². The van der Waals surface area contributed by atoms with Gasteiger partial charge in [0.15, 0.2) is 11.6 Å². The first kappa shape index (κ1) is 48.8. The van der Waals surface area contributed by atoms with E-state index in [9.17, 15) is 35.4 Å². The average Bonchev–Trinajstić information content (AvgIpc) is 3.66. The van der Waals surface area contributed by atoms with Crippen LogP contribution in [0.1, 0.15) is 124 Å². The molecule has 0 spiro atoms. The normalized spacial score (nSPS) is 31.9. The maximum Gasteiger partial charge on any atom is 0.303 e. The zero-order chi connectivity index (χ0) is 45.6. The predicted octanol–water partition coefficient (Wildman–Crippen LogP) is 4.46. The van der Waals surface area contributed by atoms with Crippen LogP contribution >= 0.6 is 0 Å². The summed E-state index contributed by atoms with van der Waals surface area (Å²) in [6, 6.07) is 0. The molecule has 16 heteroatoms. The molecule has 2 aromatic rings. The number of piperidine rings is 2. The van der Waals surface area contributed by atoms with E-state index in [-0.39, 0.29) is 55.9 Å². The van der Waals surface area contributed by atoms with E-state index in [0.29, 0.717) is 84.6 Å². The highest BCUT2D eigenvalue weighted by atomic mass is 16.4. The molecule has 0 aromatic carbocycles. The first-order valence-electron chi connectivity index (χ1n) is 25.0. The molecule has 16 nitrogen and oxygen atoms in total. The molecule has 7 N–H and O–H groups in total. The summed E-state index contributed by atoms with van der Waals surface area (Å²) in [5, 5.41) is 69.1. The van der Waals surface area contributed by atoms with Crippen LogP contribution in [0, 0.1) is 46.3 Å². The number of anilines is 4. The highest BCUT2D eigenvalue weighted by Crippen LogP contribution is 2.68. The standard InChI is InChI=1S/C24H40N8O4.C24H40O4/c33-15-11-31(12-16-34)23-26-20-19(21(27-23)29-7-3-1-4-8-29)25-24(32(13-17-35)14-18-36)28-22(20)30-9-5-2-6-10-30;1-14(4-7-21(27)28)17-5-6-18-22-19(9-11-24(17,18)3)23(2)10-8-16(25)12-15(23)13-20(22)26/h33-36H,1-18H2;14-20,22,25-26H,4-13H2,1-3H3,(H,27,28)/t;14-,15+,16-,17-,18+,19+,20-,22+,23+,24-/m.1/s1. The van der Waals surface area contributed by atoms with Gasteiger partial charge in [-0.2, -0.15) is 9.97 Å². The van der Waals surface area contributed by atoms with Gasteiger partial charge in [0.05, 0.1) is 38.6 Å². The number of fused-ring (bicyclic) bond motifs is 6. The van der Waals surface area contributed by atoms with Crippen LogP contribution < -0.4 is 19.6 Å². The summed E-state index contributed by atoms with van der Waals surface area (Å²) in [4.78, 5) is 38.8. The number of carboxylic acids is 1. The first-order valence-corrected chi connectivity index (χ1v) is 25.0. The summed E-state index contributed by atoms with van der Waals surface area (Å²) in [5.74, 6) is 4.71. The summed E-state index contributed by atoms with van der Waals surface area (Å²) in [7, 11) is 0. The lowest BCUT2D eigenvalue weighted by Gasteiger charge is -2.62. The van der Waals surface area contributed by atoms with Crippen molar-refractivity contribution in [1.29, 1.82) is 0 Å². The number of hydrogen-bond donors (Lipinski definition) is 7. The maximum absolute atomic E-state index is 11.2. The van der Waals surface area contributed by atoms with Gasteiger partial charge in [0.25, 0.3) is 0 Å². The number of aliphatic hydroxyl groups excluding tert-OH is 6. The highest BCUT2D eigenvalue weighted by Gasteiger charge is 2.62. The van der Waals surface area contributed by atoms with Gasteiger partial charge < -0.3 is 55.3 Å². The number of hydrogen-bond acceptors (Lipinski definition) is 15. The zero-order valence-corrected chi connectivity index (χ0v) is 39.0. The molecule has 6 aliphatic rings. The van der Waals surface area contributed by atoms with E-state index in [1.807, 2.05) is 0 Å². The van der Waals surface area contributed by atoms with Gasteiger partial charge in [-0.05, 0) is 143 Å². The predicted molar refractivity (Wildman–Crippen MR) is 249 cm³/mol. The number of nitrogens with zero attached hydrogens (tertiary/aromatic N) is 8. The highest BCUT2D eigenvalue weighted by molar-refractivity contribution is 5.95. The van der Waals surface area contributed by atoms with Gasteiger partial charge in [0.2, 0.25) is 11.9 Å². The first-order chi connectivity index (χ1) is 30.9. The number of aromatic nitrogens is 4. The minimum absolute atomic E-state index is 0.0772. The van der Waals surface area contributed by atoms with E-state index in [0.717, 1.165) is 95.6 Å². The fourth-order valence-corrected chi connectivity index (χ4v) is 13.7. The number of rotatable bonds is 16. The Morgan fingerprint density at radius 3 is 1.64 bits per heavy atom. The van der Waals surface area contributed by atoms with Crippen molar-refractivity contribution in [3.05, 3.63) is 0 Å². The lowest BCUT2D eigenvalue weighted by Crippen LogP contribution is -2.58. The Labute approximate surface area is 380 Å². The van der Waals surface area contributed by atoms with Crippen LogP contribution in [-0.4, -0.2) is 153 Å². The van der Waals surface area contributed by atoms with E-state index >= 15 is 0 Å². The molecule has 4 aliphatic carbocycles. The Balaban J connectivity index is 0.000000197. The molecule has 2 saturated heterocycles. The Bertz CT molecular complexity index is 1740. The third kappa shape index (κ3) is 10.2. The molecule has 0 amide bonds. The third-order valence-electron chi connectivity index (χ3n) is 17.1. The second kappa shape index (κ2) is 21.6. The third-order valence-corrected chi connectivity index (χ3v) is 17.1. The monoisotopic (exact) mass is 897 g/mol. The molecular weight excluding hydrogens is 817 g/mol. The molecule has 0 radical (unpaired) electrons. The van der Waals surface area contributed by atoms with E-state index in [1.54, 1.807) is 9.80 Å². The van der Waals surface area contributed by atoms with Gasteiger partial charge in [0, 0.05) is 58.8 Å². The summed E-state index contributed by atoms with van der Waals surface area (Å²) in [5.41, 5.74) is 1.83. The number of aliphatic hydroxyl groups is 6. The van der Waals surface area contributed by atoms with Crippen molar-refractivity contribution in [3.63, 3.8) is 0 Å². The SMILES string of the molecule is C[C@H](CCC(=O)O)[C@H]1CC[C@H]2[C@@H]3[C@H](O)C[C@@H]4C[C@H](O)CC[C@]4(C)[C@H]3CC[C@]12C.OCCN(CCO)c1nc(N2CCCCC2)c2nc(N(CCO)CCO)nc(N3CCCCC3)c2n1. The number of carbonyl (C=O) groups is 1. The fourth-order valence-electron chi connectivity index (χ4n) is 13.7. The van der Waals surface area contributed by atoms with Crippen LogP contribution in [0.25, 0.3) is 11.0 Å². The molecule has 4 saturated carbocycles. The molecule has 2 aromatic heterocycles. The summed E-state index contributed by atoms with van der Waals surface area (Å²) >= 11 is 0. The van der Waals surface area contributed by atoms with Crippen LogP contribution in [-0.2, 0) is 4.79 Å². The van der Waals surface area contributed by atoms with E-state index in [1.165, 1.54) is 38.5 Å². The molecule has 6 fully saturated rings. The van der Waals surface area contributed by atoms with Gasteiger partial charge in [-0.3, -0.25) is 4.79 Å². The van der Waals surface area contributed by atoms with Gasteiger partial charge in [0.1, 0.15) is 11.0 Å². The van der Waals surface area contributed by atoms with E-state index in [4.69, 9.17) is 25.0 Å². The molecule has 4 heterocycles. The van der Waals surface area contributed by atoms with Crippen molar-refractivity contribution in [2.75, 3.05) is 98.4 Å². The zero-order valence-electron chi connectivity index (χ0n) is 39.0. The molecule has 0 bridgehead atoms. The van der Waals surface area contributed by atoms with Gasteiger partial charge in [-0.25, -0.2) is 9.97 Å². The maximum atomic E-state index is 11.2. The van der Waals surface area contributed by atoms with E-state index < -0.39 is 5.97 Å². The number of carboxylic acid groups (broad SMARTS) is 1. The van der Waals surface area contributed by atoms with Crippen molar-refractivity contribution >= 4 is 40.5 Å². The molecular formula is C48H80N8O8. The van der Waals surface area contributed by atoms with Crippen molar-refractivity contribution in [2.24, 2.45) is 46.3 Å². The van der Waals surface area contributed by atoms with Crippen molar-refractivity contribution in [1.82, 2.24) is 19.9 Å². The quantitative estimate of drug-likeness (QED) is 0.124. The summed E-state index contributed by atoms with van der Waals surface area (Å²) < 4.78 is 0. The lowest BCUT2D eigenvalue weighted by molar-refractivity contribution is -0.174. The lowest BCUT2D eigenvalue weighted by atomic mass is 9.43. The average molecular weight is 897 g/mol. The van der Waals surface area contributed by atoms with Crippen LogP contribution in [0.3, 0.4) is 0 Å². The van der Waals surface area contributed by atoms with Crippen molar-refractivity contribution in [2.45, 2.75) is 136 Å². The Hall–Kier alpha value is -3.15. The van der Waals surface area contributed by atoms with Crippen LogP contribution in [0.5, 0.6) is 0 Å². The van der Waals surface area contributed by atoms with Crippen molar-refractivity contribution < 1.29 is 40.5 Å². The van der Waals surface area contributed by atoms with Gasteiger partial charge in [-0.1, -0.05) is 20.8 Å². The van der Waals surface area contributed by atoms with E-state index in [2.05, 4.69) is 30.6 Å². The topological polar surface area (TPSA) is 223 Å². The molecule has 2 aliphatic heterocycles. The van der Waals surface area contributed by atoms with Crippen LogP contribution in [0.4, 0.5) is 23.5 Å². The minimum Gasteiger partial charge on any atom is -0.481 e. The second-order valence-corrected chi connectivity index (χ2v) is 20.7. The fraction of sp³-hybridized carbons (Fsp3) is 0.854. The Kier molecular flexibility index (Phi) is 16.5. The summed E-state index contributed by atoms with van der Waals surface area (Å²) in [6.45, 7) is 11.5. The Morgan fingerprint density at radius 2 is 1.16 bits per heavy atom. The van der Waals surface area contributed by atoms with Crippen LogP contribution in [0.2, 0.25) is 0 Å². The molecule has 64 heavy (non-hydrogen) atoms. The smallest absolute Gasteiger partial charge is 0.303 e. The molecule has 8 rings (SSSR count). The second-order valence-electron chi connectivity index (χ2n) is 20.7. The molecule has 10 atom stereocenters. The summed E-state index contributed by atoms with van der Waals surface area (Å²) in [6.07, 6.45) is 15.8. The minimum atomic E-state index is -0.684. The molecule has 0 unspecified atom stereocenters. The van der Waals surface area contributed by atoms with Gasteiger partial charge in [-0.15, -0.1) is 0 Å². The Morgan fingerprint density at radius 1 is 0.672 bits per heavy atom.